The maximum Gasteiger partial charge on any atom is 0.178 e. The summed E-state index contributed by atoms with van der Waals surface area (Å²) < 4.78 is 23.8. The van der Waals surface area contributed by atoms with E-state index in [1.54, 1.807) is 12.1 Å². The summed E-state index contributed by atoms with van der Waals surface area (Å²) in [4.78, 5) is 0.421. The van der Waals surface area contributed by atoms with Gasteiger partial charge in [-0.3, -0.25) is 0 Å². The molecule has 3 nitrogen and oxygen atoms in total. The molecule has 1 aromatic rings. The highest BCUT2D eigenvalue weighted by molar-refractivity contribution is 7.98. The van der Waals surface area contributed by atoms with Gasteiger partial charge in [-0.25, -0.2) is 8.42 Å². The maximum absolute atomic E-state index is 11.9. The Balaban J connectivity index is 2.39. The fraction of sp³-hybridized carbons (Fsp3) is 0.600. The van der Waals surface area contributed by atoms with E-state index in [2.05, 4.69) is 11.6 Å². The highest BCUT2D eigenvalue weighted by Crippen LogP contribution is 2.16. The molecule has 0 saturated heterocycles. The number of rotatable bonds is 10. The Kier molecular flexibility index (Phi) is 8.07. The van der Waals surface area contributed by atoms with E-state index in [1.807, 2.05) is 30.8 Å². The van der Waals surface area contributed by atoms with Crippen molar-refractivity contribution in [3.63, 3.8) is 0 Å². The molecule has 1 aromatic carbocycles. The lowest BCUT2D eigenvalue weighted by Crippen LogP contribution is -2.06. The zero-order valence-corrected chi connectivity index (χ0v) is 14.0. The summed E-state index contributed by atoms with van der Waals surface area (Å²) in [5, 5.41) is 3.33. The van der Waals surface area contributed by atoms with Gasteiger partial charge in [0.25, 0.3) is 0 Å². The van der Waals surface area contributed by atoms with Crippen LogP contribution in [0.3, 0.4) is 0 Å². The molecule has 0 aliphatic heterocycles. The molecule has 0 amide bonds. The molecule has 0 atom stereocenters. The van der Waals surface area contributed by atoms with Crippen LogP contribution in [0, 0.1) is 0 Å². The number of hydrogen-bond acceptors (Lipinski definition) is 4. The van der Waals surface area contributed by atoms with E-state index in [0.29, 0.717) is 11.3 Å². The molecular weight excluding hydrogens is 290 g/mol. The molecule has 0 saturated carbocycles. The van der Waals surface area contributed by atoms with Crippen LogP contribution in [0.25, 0.3) is 0 Å². The van der Waals surface area contributed by atoms with Gasteiger partial charge in [-0.1, -0.05) is 13.3 Å². The van der Waals surface area contributed by atoms with Crippen molar-refractivity contribution in [2.45, 2.75) is 37.5 Å². The van der Waals surface area contributed by atoms with Crippen LogP contribution in [0.5, 0.6) is 0 Å². The zero-order chi connectivity index (χ0) is 14.8. The molecule has 5 heteroatoms. The Morgan fingerprint density at radius 1 is 1.10 bits per heavy atom. The lowest BCUT2D eigenvalue weighted by Gasteiger charge is -2.08. The van der Waals surface area contributed by atoms with E-state index in [0.717, 1.165) is 18.7 Å². The predicted molar refractivity (Wildman–Crippen MR) is 89.5 cm³/mol. The van der Waals surface area contributed by atoms with Crippen molar-refractivity contribution < 1.29 is 8.42 Å². The highest BCUT2D eigenvalue weighted by atomic mass is 32.2. The molecule has 0 spiro atoms. The van der Waals surface area contributed by atoms with Crippen molar-refractivity contribution >= 4 is 27.3 Å². The first-order chi connectivity index (χ1) is 9.60. The number of anilines is 1. The summed E-state index contributed by atoms with van der Waals surface area (Å²) in [5.74, 6) is 1.44. The summed E-state index contributed by atoms with van der Waals surface area (Å²) in [5.41, 5.74) is 0.991. The van der Waals surface area contributed by atoms with Gasteiger partial charge in [-0.15, -0.1) is 0 Å². The van der Waals surface area contributed by atoms with Crippen molar-refractivity contribution in [3.8, 4) is 0 Å². The highest BCUT2D eigenvalue weighted by Gasteiger charge is 2.12. The third kappa shape index (κ3) is 6.18. The average Bonchev–Trinajstić information content (AvgIpc) is 2.43. The number of benzene rings is 1. The van der Waals surface area contributed by atoms with Crippen LogP contribution in [-0.2, 0) is 9.84 Å². The molecule has 20 heavy (non-hydrogen) atoms. The Morgan fingerprint density at radius 3 is 2.40 bits per heavy atom. The normalized spacial score (nSPS) is 11.5. The second kappa shape index (κ2) is 9.29. The Hall–Kier alpha value is -0.680. The van der Waals surface area contributed by atoms with Crippen molar-refractivity contribution in [2.24, 2.45) is 0 Å². The van der Waals surface area contributed by atoms with Crippen molar-refractivity contribution in [1.82, 2.24) is 0 Å². The van der Waals surface area contributed by atoms with E-state index >= 15 is 0 Å². The standard InChI is InChI=1S/C15H25NO2S2/c1-3-13-20(17,18)15-9-7-14(8-10-15)16-11-5-4-6-12-19-2/h7-10,16H,3-6,11-13H2,1-2H3. The van der Waals surface area contributed by atoms with Gasteiger partial charge in [0.05, 0.1) is 10.6 Å². The van der Waals surface area contributed by atoms with Crippen molar-refractivity contribution in [1.29, 1.82) is 0 Å². The van der Waals surface area contributed by atoms with Crippen LogP contribution in [0.4, 0.5) is 5.69 Å². The minimum absolute atomic E-state index is 0.217. The van der Waals surface area contributed by atoms with Gasteiger partial charge in [0.1, 0.15) is 0 Å². The van der Waals surface area contributed by atoms with E-state index in [-0.39, 0.29) is 5.75 Å². The quantitative estimate of drug-likeness (QED) is 0.667. The summed E-state index contributed by atoms with van der Waals surface area (Å²) in [6, 6.07) is 7.09. The van der Waals surface area contributed by atoms with Gasteiger partial charge in [0, 0.05) is 12.2 Å². The number of nitrogens with one attached hydrogen (secondary N) is 1. The first-order valence-electron chi connectivity index (χ1n) is 7.16. The van der Waals surface area contributed by atoms with Gasteiger partial charge < -0.3 is 5.32 Å². The van der Waals surface area contributed by atoms with E-state index in [1.165, 1.54) is 18.6 Å². The summed E-state index contributed by atoms with van der Waals surface area (Å²) in [6.45, 7) is 2.82. The lowest BCUT2D eigenvalue weighted by atomic mass is 10.2. The maximum atomic E-state index is 11.9. The predicted octanol–water partition coefficient (Wildman–Crippen LogP) is 3.82. The SMILES string of the molecule is CCCS(=O)(=O)c1ccc(NCCCCCSC)cc1. The Labute approximate surface area is 127 Å². The third-order valence-electron chi connectivity index (χ3n) is 3.04. The second-order valence-electron chi connectivity index (χ2n) is 4.82. The molecule has 0 bridgehead atoms. The number of unbranched alkanes of at least 4 members (excludes halogenated alkanes) is 2. The lowest BCUT2D eigenvalue weighted by molar-refractivity contribution is 0.595. The molecule has 0 aliphatic carbocycles. The average molecular weight is 316 g/mol. The van der Waals surface area contributed by atoms with Crippen LogP contribution in [0.2, 0.25) is 0 Å². The van der Waals surface area contributed by atoms with Crippen LogP contribution < -0.4 is 5.32 Å². The van der Waals surface area contributed by atoms with E-state index in [9.17, 15) is 8.42 Å². The molecule has 0 fully saturated rings. The van der Waals surface area contributed by atoms with Crippen LogP contribution in [-0.4, -0.2) is 32.7 Å². The van der Waals surface area contributed by atoms with Crippen LogP contribution in [0.15, 0.2) is 29.2 Å². The molecule has 114 valence electrons. The molecule has 0 radical (unpaired) electrons. The van der Waals surface area contributed by atoms with Gasteiger partial charge in [0.15, 0.2) is 9.84 Å². The first kappa shape index (κ1) is 17.4. The third-order valence-corrected chi connectivity index (χ3v) is 5.67. The molecule has 0 heterocycles. The molecule has 0 aromatic heterocycles. The zero-order valence-electron chi connectivity index (χ0n) is 12.4. The largest absolute Gasteiger partial charge is 0.385 e. The van der Waals surface area contributed by atoms with Gasteiger partial charge in [-0.05, 0) is 55.5 Å². The monoisotopic (exact) mass is 315 g/mol. The van der Waals surface area contributed by atoms with Crippen molar-refractivity contribution in [2.75, 3.05) is 29.6 Å². The summed E-state index contributed by atoms with van der Waals surface area (Å²) in [6.07, 6.45) is 6.43. The minimum atomic E-state index is -3.09. The van der Waals surface area contributed by atoms with Crippen LogP contribution in [0.1, 0.15) is 32.6 Å². The Morgan fingerprint density at radius 2 is 1.80 bits per heavy atom. The Bertz CT molecular complexity index is 469. The smallest absolute Gasteiger partial charge is 0.178 e. The molecule has 0 aliphatic rings. The van der Waals surface area contributed by atoms with Gasteiger partial charge in [-0.2, -0.15) is 11.8 Å². The van der Waals surface area contributed by atoms with Crippen LogP contribution >= 0.6 is 11.8 Å². The molecule has 1 rings (SSSR count). The molecule has 0 unspecified atom stereocenters. The fourth-order valence-corrected chi connectivity index (χ4v) is 3.76. The second-order valence-corrected chi connectivity index (χ2v) is 7.92. The number of thioether (sulfide) groups is 1. The first-order valence-corrected chi connectivity index (χ1v) is 10.2. The summed E-state index contributed by atoms with van der Waals surface area (Å²) >= 11 is 1.89. The fourth-order valence-electron chi connectivity index (χ4n) is 1.95. The topological polar surface area (TPSA) is 46.2 Å². The van der Waals surface area contributed by atoms with Gasteiger partial charge >= 0.3 is 0 Å². The number of hydrogen-bond donors (Lipinski definition) is 1. The molecule has 1 N–H and O–H groups in total. The van der Waals surface area contributed by atoms with E-state index in [4.69, 9.17) is 0 Å². The molecular formula is C15H25NO2S2. The van der Waals surface area contributed by atoms with Gasteiger partial charge in [0.2, 0.25) is 0 Å². The number of sulfone groups is 1. The van der Waals surface area contributed by atoms with Crippen molar-refractivity contribution in [3.05, 3.63) is 24.3 Å². The summed E-state index contributed by atoms with van der Waals surface area (Å²) in [7, 11) is -3.09. The van der Waals surface area contributed by atoms with E-state index < -0.39 is 9.84 Å². The minimum Gasteiger partial charge on any atom is -0.385 e.